The van der Waals surface area contributed by atoms with Gasteiger partial charge in [0, 0.05) is 0 Å². The summed E-state index contributed by atoms with van der Waals surface area (Å²) < 4.78 is 37.4. The summed E-state index contributed by atoms with van der Waals surface area (Å²) >= 11 is 0. The maximum absolute atomic E-state index is 12.5. The lowest BCUT2D eigenvalue weighted by molar-refractivity contribution is -0.191. The van der Waals surface area contributed by atoms with Gasteiger partial charge in [-0.1, -0.05) is 6.42 Å². The van der Waals surface area contributed by atoms with E-state index in [0.717, 1.165) is 0 Å². The van der Waals surface area contributed by atoms with Gasteiger partial charge >= 0.3 is 12.1 Å². The van der Waals surface area contributed by atoms with Crippen LogP contribution >= 0.6 is 0 Å². The Labute approximate surface area is 85.7 Å². The molecule has 0 spiro atoms. The molecule has 0 amide bonds. The molecule has 2 atom stereocenters. The second-order valence-electron chi connectivity index (χ2n) is 3.97. The minimum Gasteiger partial charge on any atom is -0.480 e. The van der Waals surface area contributed by atoms with Gasteiger partial charge in [-0.15, -0.1) is 0 Å². The van der Waals surface area contributed by atoms with Crippen LogP contribution in [0.2, 0.25) is 0 Å². The summed E-state index contributed by atoms with van der Waals surface area (Å²) in [7, 11) is 1.40. The van der Waals surface area contributed by atoms with Crippen molar-refractivity contribution in [3.8, 4) is 0 Å². The number of carbonyl (C=O) groups is 1. The Bertz CT molecular complexity index is 254. The number of alkyl halides is 3. The standard InChI is InChI=1S/C9H14F3NO2/c1-13-8(7(14)15)4-2-3-6(5-8)9(10,11)12/h6,13H,2-5H2,1H3,(H,14,15). The summed E-state index contributed by atoms with van der Waals surface area (Å²) in [6.07, 6.45) is -4.09. The van der Waals surface area contributed by atoms with Crippen molar-refractivity contribution in [3.63, 3.8) is 0 Å². The minimum atomic E-state index is -4.29. The molecule has 3 nitrogen and oxygen atoms in total. The fourth-order valence-electron chi connectivity index (χ4n) is 2.08. The van der Waals surface area contributed by atoms with Crippen LogP contribution in [0, 0.1) is 5.92 Å². The van der Waals surface area contributed by atoms with E-state index in [-0.39, 0.29) is 25.7 Å². The number of carboxylic acids is 1. The average Bonchev–Trinajstić information content (AvgIpc) is 2.16. The molecule has 1 fully saturated rings. The first-order chi connectivity index (χ1) is 6.82. The molecule has 1 aliphatic rings. The smallest absolute Gasteiger partial charge is 0.391 e. The second-order valence-corrected chi connectivity index (χ2v) is 3.97. The fourth-order valence-corrected chi connectivity index (χ4v) is 2.08. The van der Waals surface area contributed by atoms with E-state index in [1.165, 1.54) is 7.05 Å². The summed E-state index contributed by atoms with van der Waals surface area (Å²) in [6.45, 7) is 0. The predicted molar refractivity (Wildman–Crippen MR) is 47.4 cm³/mol. The highest BCUT2D eigenvalue weighted by Gasteiger charge is 2.50. The van der Waals surface area contributed by atoms with E-state index in [1.54, 1.807) is 0 Å². The lowest BCUT2D eigenvalue weighted by Crippen LogP contribution is -2.55. The van der Waals surface area contributed by atoms with E-state index in [0.29, 0.717) is 0 Å². The van der Waals surface area contributed by atoms with E-state index in [1.807, 2.05) is 0 Å². The summed E-state index contributed by atoms with van der Waals surface area (Å²) in [4.78, 5) is 11.0. The van der Waals surface area contributed by atoms with Crippen molar-refractivity contribution < 1.29 is 23.1 Å². The van der Waals surface area contributed by atoms with Crippen LogP contribution in [0.3, 0.4) is 0 Å². The third kappa shape index (κ3) is 2.42. The fraction of sp³-hybridized carbons (Fsp3) is 0.889. The Morgan fingerprint density at radius 1 is 1.53 bits per heavy atom. The molecule has 1 rings (SSSR count). The highest BCUT2D eigenvalue weighted by atomic mass is 19.4. The van der Waals surface area contributed by atoms with Crippen molar-refractivity contribution in [2.75, 3.05) is 7.05 Å². The van der Waals surface area contributed by atoms with Crippen LogP contribution in [-0.4, -0.2) is 29.8 Å². The summed E-state index contributed by atoms with van der Waals surface area (Å²) in [5.74, 6) is -2.70. The summed E-state index contributed by atoms with van der Waals surface area (Å²) in [6, 6.07) is 0. The van der Waals surface area contributed by atoms with E-state index < -0.39 is 23.6 Å². The number of nitrogens with one attached hydrogen (secondary N) is 1. The Morgan fingerprint density at radius 2 is 2.13 bits per heavy atom. The second kappa shape index (κ2) is 4.00. The molecule has 6 heteroatoms. The van der Waals surface area contributed by atoms with Gasteiger partial charge in [-0.05, 0) is 26.3 Å². The predicted octanol–water partition coefficient (Wildman–Crippen LogP) is 1.78. The van der Waals surface area contributed by atoms with Gasteiger partial charge in [0.25, 0.3) is 0 Å². The molecule has 88 valence electrons. The Kier molecular flexibility index (Phi) is 3.28. The number of carboxylic acid groups (broad SMARTS) is 1. The topological polar surface area (TPSA) is 49.3 Å². The van der Waals surface area contributed by atoms with E-state index in [2.05, 4.69) is 5.32 Å². The normalized spacial score (nSPS) is 32.7. The Balaban J connectivity index is 2.82. The first-order valence-corrected chi connectivity index (χ1v) is 4.81. The van der Waals surface area contributed by atoms with Crippen molar-refractivity contribution in [2.45, 2.75) is 37.4 Å². The van der Waals surface area contributed by atoms with Crippen LogP contribution in [-0.2, 0) is 4.79 Å². The molecule has 0 aromatic rings. The number of aliphatic carboxylic acids is 1. The third-order valence-corrected chi connectivity index (χ3v) is 3.10. The lowest BCUT2D eigenvalue weighted by atomic mass is 9.75. The number of hydrogen-bond donors (Lipinski definition) is 2. The van der Waals surface area contributed by atoms with Crippen molar-refractivity contribution in [1.82, 2.24) is 5.32 Å². The molecule has 0 bridgehead atoms. The van der Waals surface area contributed by atoms with Crippen LogP contribution in [0.4, 0.5) is 13.2 Å². The molecule has 0 aromatic heterocycles. The monoisotopic (exact) mass is 225 g/mol. The quantitative estimate of drug-likeness (QED) is 0.753. The molecule has 0 aliphatic heterocycles. The zero-order valence-electron chi connectivity index (χ0n) is 8.40. The van der Waals surface area contributed by atoms with Gasteiger partial charge in [0.1, 0.15) is 5.54 Å². The van der Waals surface area contributed by atoms with Gasteiger partial charge in [-0.2, -0.15) is 13.2 Å². The molecule has 2 unspecified atom stereocenters. The van der Waals surface area contributed by atoms with Gasteiger partial charge in [0.05, 0.1) is 5.92 Å². The zero-order valence-corrected chi connectivity index (χ0v) is 8.40. The van der Waals surface area contributed by atoms with Gasteiger partial charge < -0.3 is 10.4 Å². The van der Waals surface area contributed by atoms with Gasteiger partial charge in [0.2, 0.25) is 0 Å². The van der Waals surface area contributed by atoms with E-state index >= 15 is 0 Å². The highest BCUT2D eigenvalue weighted by Crippen LogP contribution is 2.41. The van der Waals surface area contributed by atoms with E-state index in [4.69, 9.17) is 5.11 Å². The van der Waals surface area contributed by atoms with Gasteiger partial charge in [0.15, 0.2) is 0 Å². The molecule has 0 heterocycles. The van der Waals surface area contributed by atoms with Gasteiger partial charge in [-0.25, -0.2) is 0 Å². The van der Waals surface area contributed by atoms with Crippen LogP contribution in [0.5, 0.6) is 0 Å². The minimum absolute atomic E-state index is 0.0280. The first-order valence-electron chi connectivity index (χ1n) is 4.81. The maximum Gasteiger partial charge on any atom is 0.391 e. The highest BCUT2D eigenvalue weighted by molar-refractivity contribution is 5.78. The lowest BCUT2D eigenvalue weighted by Gasteiger charge is -2.38. The summed E-state index contributed by atoms with van der Waals surface area (Å²) in [5.41, 5.74) is -1.40. The molecule has 0 radical (unpaired) electrons. The van der Waals surface area contributed by atoms with Crippen LogP contribution in [0.1, 0.15) is 25.7 Å². The van der Waals surface area contributed by atoms with Crippen molar-refractivity contribution in [3.05, 3.63) is 0 Å². The largest absolute Gasteiger partial charge is 0.480 e. The number of hydrogen-bond acceptors (Lipinski definition) is 2. The third-order valence-electron chi connectivity index (χ3n) is 3.10. The van der Waals surface area contributed by atoms with Crippen LogP contribution in [0.25, 0.3) is 0 Å². The van der Waals surface area contributed by atoms with Gasteiger partial charge in [-0.3, -0.25) is 4.79 Å². The van der Waals surface area contributed by atoms with Crippen molar-refractivity contribution >= 4 is 5.97 Å². The SMILES string of the molecule is CNC1(C(=O)O)CCCC(C(F)(F)F)C1. The number of halogens is 3. The van der Waals surface area contributed by atoms with Crippen molar-refractivity contribution in [2.24, 2.45) is 5.92 Å². The molecular weight excluding hydrogens is 211 g/mol. The zero-order chi connectivity index (χ0) is 11.7. The van der Waals surface area contributed by atoms with Crippen LogP contribution in [0.15, 0.2) is 0 Å². The molecule has 0 aromatic carbocycles. The number of rotatable bonds is 2. The maximum atomic E-state index is 12.5. The average molecular weight is 225 g/mol. The number of likely N-dealkylation sites (N-methyl/N-ethyl adjacent to an activating group) is 1. The molecular formula is C9H14F3NO2. The molecule has 1 aliphatic carbocycles. The Hall–Kier alpha value is -0.780. The molecule has 15 heavy (non-hydrogen) atoms. The molecule has 1 saturated carbocycles. The van der Waals surface area contributed by atoms with Crippen LogP contribution < -0.4 is 5.32 Å². The molecule has 2 N–H and O–H groups in total. The first kappa shape index (κ1) is 12.3. The molecule has 0 saturated heterocycles. The Morgan fingerprint density at radius 3 is 2.53 bits per heavy atom. The van der Waals surface area contributed by atoms with Crippen molar-refractivity contribution in [1.29, 1.82) is 0 Å². The summed E-state index contributed by atoms with van der Waals surface area (Å²) in [5, 5.41) is 11.5. The van der Waals surface area contributed by atoms with E-state index in [9.17, 15) is 18.0 Å².